The van der Waals surface area contributed by atoms with Crippen molar-refractivity contribution >= 4 is 51.4 Å². The molecule has 1 fully saturated rings. The lowest BCUT2D eigenvalue weighted by Gasteiger charge is -2.32. The molecule has 1 saturated heterocycles. The molecule has 8 nitrogen and oxygen atoms in total. The Hall–Kier alpha value is -3.50. The number of likely N-dealkylation sites (tertiary alicyclic amines) is 1. The van der Waals surface area contributed by atoms with Crippen LogP contribution in [0.4, 0.5) is 0 Å². The summed E-state index contributed by atoms with van der Waals surface area (Å²) in [7, 11) is 0. The molecule has 0 aliphatic carbocycles. The zero-order valence-corrected chi connectivity index (χ0v) is 23.4. The highest BCUT2D eigenvalue weighted by Gasteiger charge is 2.25. The Morgan fingerprint density at radius 2 is 2.08 bits per heavy atom. The quantitative estimate of drug-likeness (QED) is 0.187. The number of esters is 1. The number of nitrogens with zero attached hydrogens (tertiary/aromatic N) is 2. The molecule has 0 bridgehead atoms. The third-order valence-electron chi connectivity index (χ3n) is 6.77. The zero-order valence-electron chi connectivity index (χ0n) is 21.8. The summed E-state index contributed by atoms with van der Waals surface area (Å²) < 4.78 is 11.0. The van der Waals surface area contributed by atoms with Crippen molar-refractivity contribution in [3.63, 3.8) is 0 Å². The Morgan fingerprint density at radius 3 is 2.92 bits per heavy atom. The van der Waals surface area contributed by atoms with Crippen molar-refractivity contribution in [3.8, 4) is 22.0 Å². The van der Waals surface area contributed by atoms with Gasteiger partial charge in [-0.05, 0) is 55.7 Å². The van der Waals surface area contributed by atoms with Crippen molar-refractivity contribution in [3.05, 3.63) is 52.0 Å². The molecular weight excluding hydrogens is 534 g/mol. The highest BCUT2D eigenvalue weighted by molar-refractivity contribution is 7.15. The van der Waals surface area contributed by atoms with Crippen LogP contribution in [0.5, 0.6) is 0 Å². The van der Waals surface area contributed by atoms with Gasteiger partial charge in [0.2, 0.25) is 5.91 Å². The minimum atomic E-state index is -0.198. The van der Waals surface area contributed by atoms with Crippen LogP contribution >= 0.6 is 22.7 Å². The number of carbonyl (C=O) groups is 3. The lowest BCUT2D eigenvalue weighted by molar-refractivity contribution is -0.145. The number of hydrogen-bond acceptors (Lipinski definition) is 8. The van der Waals surface area contributed by atoms with Gasteiger partial charge in [-0.1, -0.05) is 18.2 Å². The fourth-order valence-corrected chi connectivity index (χ4v) is 6.58. The van der Waals surface area contributed by atoms with Crippen molar-refractivity contribution in [1.29, 1.82) is 0 Å². The van der Waals surface area contributed by atoms with Crippen LogP contribution in [0.2, 0.25) is 0 Å². The largest absolute Gasteiger partial charge is 0.466 e. The topological polar surface area (TPSA) is 102 Å². The number of ether oxygens (including phenoxy) is 1. The molecule has 1 aliphatic rings. The molecule has 0 radical (unpaired) electrons. The Labute approximate surface area is 235 Å². The van der Waals surface area contributed by atoms with Crippen molar-refractivity contribution in [2.75, 3.05) is 26.2 Å². The number of carbonyl (C=O) groups excluding carboxylic acids is 3. The van der Waals surface area contributed by atoms with Gasteiger partial charge in [0.05, 0.1) is 13.0 Å². The van der Waals surface area contributed by atoms with Crippen molar-refractivity contribution < 1.29 is 23.5 Å². The van der Waals surface area contributed by atoms with Crippen molar-refractivity contribution in [1.82, 2.24) is 15.2 Å². The summed E-state index contributed by atoms with van der Waals surface area (Å²) in [4.78, 5) is 44.7. The summed E-state index contributed by atoms with van der Waals surface area (Å²) in [6, 6.07) is 11.7. The minimum absolute atomic E-state index is 0.0653. The lowest BCUT2D eigenvalue weighted by Crippen LogP contribution is -2.40. The van der Waals surface area contributed by atoms with Crippen LogP contribution in [0.15, 0.2) is 51.6 Å². The van der Waals surface area contributed by atoms with E-state index in [4.69, 9.17) is 14.1 Å². The van der Waals surface area contributed by atoms with Gasteiger partial charge in [-0.3, -0.25) is 14.4 Å². The number of furan rings is 1. The molecule has 39 heavy (non-hydrogen) atoms. The van der Waals surface area contributed by atoms with E-state index in [1.807, 2.05) is 52.1 Å². The molecule has 1 unspecified atom stereocenters. The molecule has 0 spiro atoms. The van der Waals surface area contributed by atoms with E-state index in [-0.39, 0.29) is 23.7 Å². The number of thiazole rings is 1. The number of nitrogens with one attached hydrogen (secondary N) is 1. The number of amides is 2. The SMILES string of the molecule is CCOC(=O)CC1CCCN(C(=O)CCCNC(=O)c2sccc2-c2nc(-c3cc4ccccc4o3)cs2)C1. The van der Waals surface area contributed by atoms with Crippen molar-refractivity contribution in [2.45, 2.75) is 39.0 Å². The predicted molar refractivity (Wildman–Crippen MR) is 153 cm³/mol. The Balaban J connectivity index is 1.12. The first-order chi connectivity index (χ1) is 19.0. The second-order valence-electron chi connectivity index (χ2n) is 9.57. The molecule has 3 aromatic heterocycles. The third kappa shape index (κ3) is 6.57. The maximum Gasteiger partial charge on any atom is 0.306 e. The van der Waals surface area contributed by atoms with Gasteiger partial charge >= 0.3 is 5.97 Å². The van der Waals surface area contributed by atoms with E-state index < -0.39 is 0 Å². The first-order valence-electron chi connectivity index (χ1n) is 13.3. The Kier molecular flexibility index (Phi) is 8.73. The van der Waals surface area contributed by atoms with Crippen LogP contribution in [0, 0.1) is 5.92 Å². The highest BCUT2D eigenvalue weighted by Crippen LogP contribution is 2.35. The van der Waals surface area contributed by atoms with Crippen molar-refractivity contribution in [2.24, 2.45) is 5.92 Å². The van der Waals surface area contributed by atoms with E-state index in [1.54, 1.807) is 6.92 Å². The summed E-state index contributed by atoms with van der Waals surface area (Å²) in [5.41, 5.74) is 2.35. The smallest absolute Gasteiger partial charge is 0.306 e. The molecule has 10 heteroatoms. The number of thiophene rings is 1. The average molecular weight is 566 g/mol. The maximum atomic E-state index is 13.0. The standard InChI is InChI=1S/C29H31N3O5S2/c1-2-36-26(34)15-19-7-6-13-32(17-19)25(33)10-5-12-30-28(35)27-21(11-14-38-27)29-31-22(18-39-29)24-16-20-8-3-4-9-23(20)37-24/h3-4,8-9,11,14,16,18-19H,2,5-7,10,12-13,15,17H2,1H3,(H,30,35). The predicted octanol–water partition coefficient (Wildman–Crippen LogP) is 5.99. The molecule has 1 N–H and O–H groups in total. The number of fused-ring (bicyclic) bond motifs is 1. The number of aromatic nitrogens is 1. The van der Waals surface area contributed by atoms with E-state index in [2.05, 4.69) is 5.32 Å². The molecule has 5 rings (SSSR count). The number of hydrogen-bond donors (Lipinski definition) is 1. The fraction of sp³-hybridized carbons (Fsp3) is 0.379. The summed E-state index contributed by atoms with van der Waals surface area (Å²) in [6.45, 7) is 3.88. The van der Waals surface area contributed by atoms with E-state index >= 15 is 0 Å². The molecule has 1 atom stereocenters. The molecule has 2 amide bonds. The first-order valence-corrected chi connectivity index (χ1v) is 15.0. The lowest BCUT2D eigenvalue weighted by atomic mass is 9.94. The first kappa shape index (κ1) is 27.1. The normalized spacial score (nSPS) is 15.4. The summed E-state index contributed by atoms with van der Waals surface area (Å²) in [5.74, 6) is 0.550. The maximum absolute atomic E-state index is 13.0. The molecule has 1 aliphatic heterocycles. The summed E-state index contributed by atoms with van der Waals surface area (Å²) >= 11 is 2.85. The van der Waals surface area contributed by atoms with Crippen LogP contribution in [0.1, 0.15) is 48.7 Å². The number of benzene rings is 1. The average Bonchev–Trinajstić information content (AvgIpc) is 3.70. The zero-order chi connectivity index (χ0) is 27.2. The van der Waals surface area contributed by atoms with Crippen LogP contribution in [0.3, 0.4) is 0 Å². The van der Waals surface area contributed by atoms with E-state index in [9.17, 15) is 14.4 Å². The highest BCUT2D eigenvalue weighted by atomic mass is 32.1. The van der Waals surface area contributed by atoms with Gasteiger partial charge in [-0.25, -0.2) is 4.98 Å². The van der Waals surface area contributed by atoms with Crippen LogP contribution in [-0.2, 0) is 14.3 Å². The summed E-state index contributed by atoms with van der Waals surface area (Å²) in [5, 5.41) is 8.56. The van der Waals surface area contributed by atoms with Crippen LogP contribution in [0.25, 0.3) is 33.0 Å². The number of piperidine rings is 1. The molecular formula is C29H31N3O5S2. The molecule has 1 aromatic carbocycles. The van der Waals surface area contributed by atoms with Gasteiger partial charge < -0.3 is 19.4 Å². The fourth-order valence-electron chi connectivity index (χ4n) is 4.87. The number of rotatable bonds is 10. The molecule has 0 saturated carbocycles. The van der Waals surface area contributed by atoms with E-state index in [0.717, 1.165) is 40.1 Å². The molecule has 204 valence electrons. The second-order valence-corrected chi connectivity index (χ2v) is 11.3. The molecule has 4 heterocycles. The second kappa shape index (κ2) is 12.6. The van der Waals surface area contributed by atoms with Gasteiger partial charge in [0.15, 0.2) is 5.76 Å². The van der Waals surface area contributed by atoms with Gasteiger partial charge in [0.1, 0.15) is 21.2 Å². The van der Waals surface area contributed by atoms with E-state index in [1.165, 1.54) is 22.7 Å². The Morgan fingerprint density at radius 1 is 1.21 bits per heavy atom. The summed E-state index contributed by atoms with van der Waals surface area (Å²) in [6.07, 6.45) is 3.09. The van der Waals surface area contributed by atoms with Crippen LogP contribution < -0.4 is 5.32 Å². The monoisotopic (exact) mass is 565 g/mol. The molecule has 4 aromatic rings. The van der Waals surface area contributed by atoms with Crippen LogP contribution in [-0.4, -0.2) is 53.9 Å². The number of para-hydroxylation sites is 1. The van der Waals surface area contributed by atoms with E-state index in [0.29, 0.717) is 56.1 Å². The van der Waals surface area contributed by atoms with Gasteiger partial charge in [-0.2, -0.15) is 0 Å². The minimum Gasteiger partial charge on any atom is -0.466 e. The van der Waals surface area contributed by atoms with Gasteiger partial charge in [0.25, 0.3) is 5.91 Å². The van der Waals surface area contributed by atoms with Gasteiger partial charge in [-0.15, -0.1) is 22.7 Å². The van der Waals surface area contributed by atoms with Gasteiger partial charge in [0, 0.05) is 42.4 Å². The Bertz CT molecular complexity index is 1420. The third-order valence-corrected chi connectivity index (χ3v) is 8.56.